The highest BCUT2D eigenvalue weighted by Gasteiger charge is 2.45. The number of likely N-dealkylation sites (tertiary alicyclic amines) is 1. The highest BCUT2D eigenvalue weighted by atomic mass is 16.4. The molecule has 5 nitrogen and oxygen atoms in total. The minimum absolute atomic E-state index is 0.0784. The van der Waals surface area contributed by atoms with Gasteiger partial charge in [-0.25, -0.2) is 4.79 Å². The highest BCUT2D eigenvalue weighted by molar-refractivity contribution is 5.79. The van der Waals surface area contributed by atoms with Crippen LogP contribution in [0.15, 0.2) is 0 Å². The second-order valence-electron chi connectivity index (χ2n) is 6.78. The van der Waals surface area contributed by atoms with Crippen molar-refractivity contribution in [1.29, 1.82) is 0 Å². The molecule has 5 heteroatoms. The maximum absolute atomic E-state index is 12.4. The van der Waals surface area contributed by atoms with Crippen LogP contribution in [0, 0.1) is 11.3 Å². The van der Waals surface area contributed by atoms with Crippen molar-refractivity contribution in [3.05, 3.63) is 0 Å². The minimum Gasteiger partial charge on any atom is -0.481 e. The van der Waals surface area contributed by atoms with Crippen molar-refractivity contribution in [3.63, 3.8) is 0 Å². The van der Waals surface area contributed by atoms with Gasteiger partial charge in [0.25, 0.3) is 0 Å². The molecule has 1 aliphatic carbocycles. The van der Waals surface area contributed by atoms with Crippen molar-refractivity contribution >= 4 is 12.0 Å². The van der Waals surface area contributed by atoms with Gasteiger partial charge in [-0.2, -0.15) is 0 Å². The zero-order valence-corrected chi connectivity index (χ0v) is 13.2. The van der Waals surface area contributed by atoms with Gasteiger partial charge in [-0.3, -0.25) is 4.79 Å². The lowest BCUT2D eigenvalue weighted by Crippen LogP contribution is -2.47. The van der Waals surface area contributed by atoms with Gasteiger partial charge in [-0.15, -0.1) is 0 Å². The van der Waals surface area contributed by atoms with E-state index in [0.29, 0.717) is 31.8 Å². The predicted molar refractivity (Wildman–Crippen MR) is 81.1 cm³/mol. The van der Waals surface area contributed by atoms with E-state index in [1.807, 2.05) is 6.92 Å². The molecule has 2 aliphatic rings. The Hall–Kier alpha value is -1.26. The first kappa shape index (κ1) is 16.1. The molecular weight excluding hydrogens is 268 g/mol. The molecule has 1 saturated carbocycles. The lowest BCUT2D eigenvalue weighted by molar-refractivity contribution is -0.148. The largest absolute Gasteiger partial charge is 0.481 e. The molecule has 3 unspecified atom stereocenters. The summed E-state index contributed by atoms with van der Waals surface area (Å²) in [5, 5.41) is 12.6. The molecule has 21 heavy (non-hydrogen) atoms. The molecule has 2 N–H and O–H groups in total. The molecule has 0 radical (unpaired) electrons. The first-order valence-corrected chi connectivity index (χ1v) is 8.27. The van der Waals surface area contributed by atoms with E-state index in [9.17, 15) is 14.7 Å². The summed E-state index contributed by atoms with van der Waals surface area (Å²) < 4.78 is 0. The number of hydrogen-bond donors (Lipinski definition) is 2. The van der Waals surface area contributed by atoms with E-state index in [1.165, 1.54) is 25.7 Å². The Labute approximate surface area is 127 Å². The second-order valence-corrected chi connectivity index (χ2v) is 6.78. The van der Waals surface area contributed by atoms with Crippen LogP contribution >= 0.6 is 0 Å². The number of rotatable bonds is 3. The lowest BCUT2D eigenvalue weighted by atomic mass is 9.84. The molecule has 2 fully saturated rings. The molecule has 1 saturated heterocycles. The van der Waals surface area contributed by atoms with Crippen LogP contribution in [0.25, 0.3) is 0 Å². The van der Waals surface area contributed by atoms with Crippen LogP contribution < -0.4 is 5.32 Å². The van der Waals surface area contributed by atoms with E-state index in [4.69, 9.17) is 0 Å². The Morgan fingerprint density at radius 2 is 2.00 bits per heavy atom. The zero-order valence-electron chi connectivity index (χ0n) is 13.2. The Balaban J connectivity index is 1.93. The first-order chi connectivity index (χ1) is 9.98. The molecular formula is C16H28N2O3. The van der Waals surface area contributed by atoms with Gasteiger partial charge in [-0.05, 0) is 31.6 Å². The maximum atomic E-state index is 12.4. The van der Waals surface area contributed by atoms with Crippen LogP contribution in [0.4, 0.5) is 4.79 Å². The van der Waals surface area contributed by atoms with E-state index in [1.54, 1.807) is 4.90 Å². The van der Waals surface area contributed by atoms with Gasteiger partial charge in [0.2, 0.25) is 0 Å². The molecule has 0 aromatic carbocycles. The Bertz CT molecular complexity index is 399. The van der Waals surface area contributed by atoms with Crippen LogP contribution in [0.5, 0.6) is 0 Å². The van der Waals surface area contributed by atoms with Crippen molar-refractivity contribution in [2.24, 2.45) is 11.3 Å². The molecule has 1 aliphatic heterocycles. The summed E-state index contributed by atoms with van der Waals surface area (Å²) >= 11 is 0. The second kappa shape index (κ2) is 6.67. The lowest BCUT2D eigenvalue weighted by Gasteiger charge is -2.27. The number of amides is 2. The summed E-state index contributed by atoms with van der Waals surface area (Å²) in [6.45, 7) is 4.98. The number of aliphatic carboxylic acids is 1. The molecule has 120 valence electrons. The zero-order chi connectivity index (χ0) is 15.5. The summed E-state index contributed by atoms with van der Waals surface area (Å²) in [4.78, 5) is 25.6. The maximum Gasteiger partial charge on any atom is 0.317 e. The van der Waals surface area contributed by atoms with E-state index >= 15 is 0 Å². The van der Waals surface area contributed by atoms with Crippen molar-refractivity contribution in [3.8, 4) is 0 Å². The van der Waals surface area contributed by atoms with Gasteiger partial charge in [0.05, 0.1) is 5.41 Å². The third kappa shape index (κ3) is 3.50. The molecule has 0 spiro atoms. The number of nitrogens with zero attached hydrogens (tertiary/aromatic N) is 1. The van der Waals surface area contributed by atoms with E-state index < -0.39 is 11.4 Å². The molecule has 0 aromatic heterocycles. The number of nitrogens with one attached hydrogen (secondary N) is 1. The van der Waals surface area contributed by atoms with Crippen LogP contribution in [0.2, 0.25) is 0 Å². The van der Waals surface area contributed by atoms with Gasteiger partial charge >= 0.3 is 12.0 Å². The number of carbonyl (C=O) groups is 2. The van der Waals surface area contributed by atoms with Gasteiger partial charge < -0.3 is 15.3 Å². The van der Waals surface area contributed by atoms with E-state index in [0.717, 1.165) is 6.42 Å². The van der Waals surface area contributed by atoms with Gasteiger partial charge in [-0.1, -0.05) is 33.1 Å². The van der Waals surface area contributed by atoms with Gasteiger partial charge in [0.15, 0.2) is 0 Å². The van der Waals surface area contributed by atoms with Crippen LogP contribution in [0.3, 0.4) is 0 Å². The third-order valence-electron chi connectivity index (χ3n) is 5.44. The van der Waals surface area contributed by atoms with Gasteiger partial charge in [0, 0.05) is 19.1 Å². The summed E-state index contributed by atoms with van der Waals surface area (Å²) in [6.07, 6.45) is 7.01. The van der Waals surface area contributed by atoms with Crippen LogP contribution in [0.1, 0.15) is 58.8 Å². The smallest absolute Gasteiger partial charge is 0.317 e. The normalized spacial score (nSPS) is 33.5. The summed E-state index contributed by atoms with van der Waals surface area (Å²) in [7, 11) is 0. The molecule has 1 heterocycles. The molecule has 0 aromatic rings. The SMILES string of the molecule is CCC1(C(=O)O)CCN(C(=O)NC2CCCCCC2C)C1. The van der Waals surface area contributed by atoms with Crippen molar-refractivity contribution in [1.82, 2.24) is 10.2 Å². The Morgan fingerprint density at radius 3 is 2.62 bits per heavy atom. The van der Waals surface area contributed by atoms with E-state index in [2.05, 4.69) is 12.2 Å². The fraction of sp³-hybridized carbons (Fsp3) is 0.875. The summed E-state index contributed by atoms with van der Waals surface area (Å²) in [6, 6.07) is 0.159. The monoisotopic (exact) mass is 296 g/mol. The average Bonchev–Trinajstić information content (AvgIpc) is 2.82. The summed E-state index contributed by atoms with van der Waals surface area (Å²) in [5.74, 6) is -0.266. The van der Waals surface area contributed by atoms with Crippen LogP contribution in [-0.4, -0.2) is 41.1 Å². The average molecular weight is 296 g/mol. The summed E-state index contributed by atoms with van der Waals surface area (Å²) in [5.41, 5.74) is -0.744. The number of hydrogen-bond acceptors (Lipinski definition) is 2. The standard InChI is InChI=1S/C16H28N2O3/c1-3-16(14(19)20)9-10-18(11-16)15(21)17-13-8-6-4-5-7-12(13)2/h12-13H,3-11H2,1-2H3,(H,17,21)(H,19,20). The topological polar surface area (TPSA) is 69.6 Å². The number of carbonyl (C=O) groups excluding carboxylic acids is 1. The predicted octanol–water partition coefficient (Wildman–Crippen LogP) is 2.85. The highest BCUT2D eigenvalue weighted by Crippen LogP contribution is 2.34. The molecule has 0 bridgehead atoms. The Morgan fingerprint density at radius 1 is 1.29 bits per heavy atom. The third-order valence-corrected chi connectivity index (χ3v) is 5.44. The fourth-order valence-electron chi connectivity index (χ4n) is 3.62. The number of urea groups is 1. The molecule has 3 atom stereocenters. The fourth-order valence-corrected chi connectivity index (χ4v) is 3.62. The van der Waals surface area contributed by atoms with Crippen molar-refractivity contribution in [2.75, 3.05) is 13.1 Å². The van der Waals surface area contributed by atoms with Crippen molar-refractivity contribution in [2.45, 2.75) is 64.8 Å². The van der Waals surface area contributed by atoms with Crippen molar-refractivity contribution < 1.29 is 14.7 Å². The molecule has 2 rings (SSSR count). The molecule has 2 amide bonds. The number of carboxylic acids is 1. The minimum atomic E-state index is -0.775. The van der Waals surface area contributed by atoms with Crippen LogP contribution in [-0.2, 0) is 4.79 Å². The number of carboxylic acid groups (broad SMARTS) is 1. The van der Waals surface area contributed by atoms with Gasteiger partial charge in [0.1, 0.15) is 0 Å². The van der Waals surface area contributed by atoms with E-state index in [-0.39, 0.29) is 12.1 Å². The first-order valence-electron chi connectivity index (χ1n) is 8.27. The Kier molecular flexibility index (Phi) is 5.12. The quantitative estimate of drug-likeness (QED) is 0.787.